The monoisotopic (exact) mass is 285 g/mol. The van der Waals surface area contributed by atoms with E-state index < -0.39 is 18.1 Å². The number of nitrogens with one attached hydrogen (secondary N) is 1. The summed E-state index contributed by atoms with van der Waals surface area (Å²) in [5, 5.41) is 11.5. The van der Waals surface area contributed by atoms with Gasteiger partial charge in [0.15, 0.2) is 0 Å². The molecule has 1 fully saturated rings. The lowest BCUT2D eigenvalue weighted by atomic mass is 9.86. The fourth-order valence-electron chi connectivity index (χ4n) is 2.68. The molecule has 1 amide bonds. The number of carboxylic acid groups (broad SMARTS) is 1. The molecule has 20 heavy (non-hydrogen) atoms. The summed E-state index contributed by atoms with van der Waals surface area (Å²) in [6.07, 6.45) is 4.86. The Hall–Kier alpha value is -1.26. The van der Waals surface area contributed by atoms with Crippen LogP contribution < -0.4 is 5.32 Å². The lowest BCUT2D eigenvalue weighted by Gasteiger charge is -2.28. The van der Waals surface area contributed by atoms with Crippen LogP contribution in [-0.2, 0) is 9.53 Å². The number of carboxylic acids is 1. The summed E-state index contributed by atoms with van der Waals surface area (Å²) in [6, 6.07) is -0.866. The molecule has 0 radical (unpaired) electrons. The summed E-state index contributed by atoms with van der Waals surface area (Å²) in [5.41, 5.74) is 0. The number of hydrogen-bond acceptors (Lipinski definition) is 3. The summed E-state index contributed by atoms with van der Waals surface area (Å²) < 4.78 is 5.33. The van der Waals surface area contributed by atoms with E-state index in [2.05, 4.69) is 12.2 Å². The highest BCUT2D eigenvalue weighted by molar-refractivity contribution is 5.79. The van der Waals surface area contributed by atoms with Gasteiger partial charge in [-0.25, -0.2) is 9.59 Å². The molecule has 5 heteroatoms. The summed E-state index contributed by atoms with van der Waals surface area (Å²) in [7, 11) is 0. The Morgan fingerprint density at radius 3 is 2.30 bits per heavy atom. The highest BCUT2D eigenvalue weighted by atomic mass is 16.6. The van der Waals surface area contributed by atoms with Gasteiger partial charge in [-0.05, 0) is 43.9 Å². The van der Waals surface area contributed by atoms with E-state index in [1.54, 1.807) is 0 Å². The maximum Gasteiger partial charge on any atom is 0.408 e. The van der Waals surface area contributed by atoms with E-state index in [1.165, 1.54) is 6.42 Å². The maximum atomic E-state index is 11.8. The second-order valence-corrected chi connectivity index (χ2v) is 6.12. The molecule has 116 valence electrons. The van der Waals surface area contributed by atoms with E-state index in [0.29, 0.717) is 6.42 Å². The Balaban J connectivity index is 2.36. The van der Waals surface area contributed by atoms with Gasteiger partial charge < -0.3 is 15.2 Å². The topological polar surface area (TPSA) is 75.6 Å². The van der Waals surface area contributed by atoms with Crippen LogP contribution in [0.1, 0.15) is 59.3 Å². The summed E-state index contributed by atoms with van der Waals surface area (Å²) in [4.78, 5) is 22.8. The number of rotatable bonds is 6. The van der Waals surface area contributed by atoms with Gasteiger partial charge in [-0.3, -0.25) is 0 Å². The molecule has 2 N–H and O–H groups in total. The third-order valence-corrected chi connectivity index (χ3v) is 3.94. The van der Waals surface area contributed by atoms with E-state index >= 15 is 0 Å². The molecule has 1 unspecified atom stereocenters. The second-order valence-electron chi connectivity index (χ2n) is 6.12. The van der Waals surface area contributed by atoms with Gasteiger partial charge in [-0.15, -0.1) is 0 Å². The Kier molecular flexibility index (Phi) is 6.82. The third-order valence-electron chi connectivity index (χ3n) is 3.94. The van der Waals surface area contributed by atoms with Crippen molar-refractivity contribution in [3.8, 4) is 0 Å². The minimum absolute atomic E-state index is 0.0636. The van der Waals surface area contributed by atoms with Crippen molar-refractivity contribution in [1.29, 1.82) is 0 Å². The fourth-order valence-corrected chi connectivity index (χ4v) is 2.68. The molecule has 0 heterocycles. The van der Waals surface area contributed by atoms with Gasteiger partial charge in [0.1, 0.15) is 12.1 Å². The average molecular weight is 285 g/mol. The predicted molar refractivity (Wildman–Crippen MR) is 76.5 cm³/mol. The van der Waals surface area contributed by atoms with E-state index in [0.717, 1.165) is 31.6 Å². The Morgan fingerprint density at radius 2 is 1.85 bits per heavy atom. The first-order valence-corrected chi connectivity index (χ1v) is 7.62. The zero-order chi connectivity index (χ0) is 15.1. The van der Waals surface area contributed by atoms with Crippen molar-refractivity contribution in [2.24, 2.45) is 11.8 Å². The van der Waals surface area contributed by atoms with E-state index in [9.17, 15) is 9.59 Å². The van der Waals surface area contributed by atoms with Gasteiger partial charge in [0.25, 0.3) is 0 Å². The molecule has 1 saturated carbocycles. The first-order chi connectivity index (χ1) is 9.42. The SMILES string of the molecule is CCC1CCC(OC(=O)NC(CC(C)C)C(=O)O)CC1. The Labute approximate surface area is 121 Å². The average Bonchev–Trinajstić information content (AvgIpc) is 2.38. The molecular weight excluding hydrogens is 258 g/mol. The molecule has 0 aromatic rings. The van der Waals surface area contributed by atoms with Crippen LogP contribution in [0.25, 0.3) is 0 Å². The molecule has 1 atom stereocenters. The van der Waals surface area contributed by atoms with Gasteiger partial charge in [0.2, 0.25) is 0 Å². The van der Waals surface area contributed by atoms with E-state index in [-0.39, 0.29) is 12.0 Å². The van der Waals surface area contributed by atoms with Crippen molar-refractivity contribution >= 4 is 12.1 Å². The van der Waals surface area contributed by atoms with E-state index in [4.69, 9.17) is 9.84 Å². The number of hydrogen-bond donors (Lipinski definition) is 2. The van der Waals surface area contributed by atoms with Crippen molar-refractivity contribution in [3.63, 3.8) is 0 Å². The van der Waals surface area contributed by atoms with Crippen LogP contribution in [0.3, 0.4) is 0 Å². The molecule has 0 saturated heterocycles. The van der Waals surface area contributed by atoms with Crippen LogP contribution in [0.5, 0.6) is 0 Å². The first kappa shape index (κ1) is 16.8. The largest absolute Gasteiger partial charge is 0.480 e. The smallest absolute Gasteiger partial charge is 0.408 e. The van der Waals surface area contributed by atoms with Crippen molar-refractivity contribution < 1.29 is 19.4 Å². The molecule has 0 spiro atoms. The zero-order valence-corrected chi connectivity index (χ0v) is 12.7. The molecule has 0 bridgehead atoms. The van der Waals surface area contributed by atoms with Crippen molar-refractivity contribution in [3.05, 3.63) is 0 Å². The highest BCUT2D eigenvalue weighted by Crippen LogP contribution is 2.28. The minimum atomic E-state index is -1.01. The summed E-state index contributed by atoms with van der Waals surface area (Å²) >= 11 is 0. The van der Waals surface area contributed by atoms with Gasteiger partial charge in [0.05, 0.1) is 0 Å². The number of carbonyl (C=O) groups excluding carboxylic acids is 1. The van der Waals surface area contributed by atoms with Crippen LogP contribution in [0, 0.1) is 11.8 Å². The number of ether oxygens (including phenoxy) is 1. The fraction of sp³-hybridized carbons (Fsp3) is 0.867. The lowest BCUT2D eigenvalue weighted by Crippen LogP contribution is -2.43. The molecule has 1 aliphatic rings. The Bertz CT molecular complexity index is 322. The second kappa shape index (κ2) is 8.12. The van der Waals surface area contributed by atoms with Crippen molar-refractivity contribution in [2.75, 3.05) is 0 Å². The van der Waals surface area contributed by atoms with Crippen LogP contribution >= 0.6 is 0 Å². The highest BCUT2D eigenvalue weighted by Gasteiger charge is 2.26. The quantitative estimate of drug-likeness (QED) is 0.786. The van der Waals surface area contributed by atoms with Gasteiger partial charge in [-0.1, -0.05) is 27.2 Å². The molecule has 0 aliphatic heterocycles. The van der Waals surface area contributed by atoms with Gasteiger partial charge in [0, 0.05) is 0 Å². The lowest BCUT2D eigenvalue weighted by molar-refractivity contribution is -0.139. The Morgan fingerprint density at radius 1 is 1.25 bits per heavy atom. The number of aliphatic carboxylic acids is 1. The van der Waals surface area contributed by atoms with Gasteiger partial charge >= 0.3 is 12.1 Å². The zero-order valence-electron chi connectivity index (χ0n) is 12.7. The number of amides is 1. The first-order valence-electron chi connectivity index (χ1n) is 7.62. The minimum Gasteiger partial charge on any atom is -0.480 e. The number of alkyl carbamates (subject to hydrolysis) is 1. The molecular formula is C15H27NO4. The van der Waals surface area contributed by atoms with Crippen LogP contribution in [-0.4, -0.2) is 29.3 Å². The summed E-state index contributed by atoms with van der Waals surface area (Å²) in [6.45, 7) is 6.03. The molecule has 1 rings (SSSR count). The summed E-state index contributed by atoms with van der Waals surface area (Å²) in [5.74, 6) is -0.0626. The van der Waals surface area contributed by atoms with Crippen LogP contribution in [0.2, 0.25) is 0 Å². The van der Waals surface area contributed by atoms with E-state index in [1.807, 2.05) is 13.8 Å². The predicted octanol–water partition coefficient (Wildman–Crippen LogP) is 3.18. The molecule has 0 aromatic heterocycles. The molecule has 1 aliphatic carbocycles. The standard InChI is InChI=1S/C15H27NO4/c1-4-11-5-7-12(8-6-11)20-15(19)16-13(14(17)18)9-10(2)3/h10-13H,4-9H2,1-3H3,(H,16,19)(H,17,18). The van der Waals surface area contributed by atoms with Crippen molar-refractivity contribution in [2.45, 2.75) is 71.4 Å². The maximum absolute atomic E-state index is 11.8. The molecule has 5 nitrogen and oxygen atoms in total. The molecule has 0 aromatic carbocycles. The third kappa shape index (κ3) is 5.80. The normalized spacial score (nSPS) is 24.2. The number of carbonyl (C=O) groups is 2. The van der Waals surface area contributed by atoms with Gasteiger partial charge in [-0.2, -0.15) is 0 Å². The van der Waals surface area contributed by atoms with Crippen LogP contribution in [0.4, 0.5) is 4.79 Å². The van der Waals surface area contributed by atoms with Crippen LogP contribution in [0.15, 0.2) is 0 Å². The van der Waals surface area contributed by atoms with Crippen molar-refractivity contribution in [1.82, 2.24) is 5.32 Å².